The number of urea groups is 1. The van der Waals surface area contributed by atoms with E-state index in [1.165, 1.54) is 9.80 Å². The molecular formula is C21H23BrN4O3. The number of amides is 4. The minimum absolute atomic E-state index is 0.00706. The van der Waals surface area contributed by atoms with Crippen molar-refractivity contribution < 1.29 is 14.4 Å². The van der Waals surface area contributed by atoms with Gasteiger partial charge in [-0.1, -0.05) is 40.2 Å². The first kappa shape index (κ1) is 20.9. The lowest BCUT2D eigenvalue weighted by molar-refractivity contribution is -0.139. The van der Waals surface area contributed by atoms with E-state index in [0.29, 0.717) is 25.3 Å². The summed E-state index contributed by atoms with van der Waals surface area (Å²) in [5.74, 6) is -0.456. The van der Waals surface area contributed by atoms with E-state index >= 15 is 0 Å². The van der Waals surface area contributed by atoms with Gasteiger partial charge in [0.15, 0.2) is 0 Å². The van der Waals surface area contributed by atoms with Crippen molar-refractivity contribution >= 4 is 39.5 Å². The van der Waals surface area contributed by atoms with Crippen LogP contribution in [0.4, 0.5) is 10.5 Å². The second-order valence-corrected chi connectivity index (χ2v) is 7.79. The van der Waals surface area contributed by atoms with Gasteiger partial charge in [-0.3, -0.25) is 9.59 Å². The molecule has 7 nitrogen and oxygen atoms in total. The van der Waals surface area contributed by atoms with E-state index in [4.69, 9.17) is 0 Å². The van der Waals surface area contributed by atoms with Crippen LogP contribution in [0.15, 0.2) is 53.0 Å². The van der Waals surface area contributed by atoms with Gasteiger partial charge in [0.05, 0.1) is 6.54 Å². The Kier molecular flexibility index (Phi) is 6.87. The molecule has 2 aromatic carbocycles. The third kappa shape index (κ3) is 5.80. The topological polar surface area (TPSA) is 81.8 Å². The van der Waals surface area contributed by atoms with Gasteiger partial charge in [0, 0.05) is 29.8 Å². The SMILES string of the molecule is Cc1ccccc1CNC(=O)CN1CCN(C(=O)Nc2ccc(Br)cc2)CC1=O. The van der Waals surface area contributed by atoms with Crippen LogP contribution >= 0.6 is 15.9 Å². The number of benzene rings is 2. The van der Waals surface area contributed by atoms with Crippen LogP contribution < -0.4 is 10.6 Å². The van der Waals surface area contributed by atoms with Crippen molar-refractivity contribution in [3.8, 4) is 0 Å². The van der Waals surface area contributed by atoms with Crippen molar-refractivity contribution in [2.24, 2.45) is 0 Å². The minimum atomic E-state index is -0.329. The molecule has 2 N–H and O–H groups in total. The van der Waals surface area contributed by atoms with E-state index in [1.807, 2.05) is 43.3 Å². The first-order valence-corrected chi connectivity index (χ1v) is 10.1. The average molecular weight is 459 g/mol. The molecule has 0 aliphatic carbocycles. The fourth-order valence-corrected chi connectivity index (χ4v) is 3.28. The molecule has 8 heteroatoms. The van der Waals surface area contributed by atoms with E-state index < -0.39 is 0 Å². The Morgan fingerprint density at radius 3 is 2.48 bits per heavy atom. The zero-order chi connectivity index (χ0) is 20.8. The highest BCUT2D eigenvalue weighted by Crippen LogP contribution is 2.15. The van der Waals surface area contributed by atoms with Crippen molar-refractivity contribution in [1.82, 2.24) is 15.1 Å². The second-order valence-electron chi connectivity index (χ2n) is 6.88. The molecule has 0 spiro atoms. The van der Waals surface area contributed by atoms with E-state index in [0.717, 1.165) is 15.6 Å². The normalized spacial score (nSPS) is 13.9. The number of nitrogens with zero attached hydrogens (tertiary/aromatic N) is 2. The maximum absolute atomic E-state index is 12.4. The van der Waals surface area contributed by atoms with E-state index in [1.54, 1.807) is 12.1 Å². The Morgan fingerprint density at radius 1 is 1.07 bits per heavy atom. The number of carbonyl (C=O) groups excluding carboxylic acids is 3. The lowest BCUT2D eigenvalue weighted by atomic mass is 10.1. The van der Waals surface area contributed by atoms with E-state index in [-0.39, 0.29) is 30.9 Å². The molecule has 29 heavy (non-hydrogen) atoms. The summed E-state index contributed by atoms with van der Waals surface area (Å²) >= 11 is 3.34. The monoisotopic (exact) mass is 458 g/mol. The summed E-state index contributed by atoms with van der Waals surface area (Å²) in [6.07, 6.45) is 0. The molecule has 0 saturated carbocycles. The van der Waals surface area contributed by atoms with Crippen molar-refractivity contribution in [1.29, 1.82) is 0 Å². The molecule has 1 aliphatic heterocycles. The number of carbonyl (C=O) groups is 3. The van der Waals surface area contributed by atoms with Crippen LogP contribution in [0.2, 0.25) is 0 Å². The Bertz CT molecular complexity index is 901. The summed E-state index contributed by atoms with van der Waals surface area (Å²) in [6.45, 7) is 3.06. The number of halogens is 1. The van der Waals surface area contributed by atoms with Gasteiger partial charge in [-0.2, -0.15) is 0 Å². The maximum atomic E-state index is 12.4. The predicted octanol–water partition coefficient (Wildman–Crippen LogP) is 2.75. The van der Waals surface area contributed by atoms with Crippen LogP contribution in [0, 0.1) is 6.92 Å². The summed E-state index contributed by atoms with van der Waals surface area (Å²) < 4.78 is 0.917. The van der Waals surface area contributed by atoms with Crippen molar-refractivity contribution in [3.63, 3.8) is 0 Å². The Labute approximate surface area is 178 Å². The molecule has 1 saturated heterocycles. The van der Waals surface area contributed by atoms with Gasteiger partial charge in [-0.15, -0.1) is 0 Å². The summed E-state index contributed by atoms with van der Waals surface area (Å²) in [5, 5.41) is 5.62. The lowest BCUT2D eigenvalue weighted by Crippen LogP contribution is -2.55. The third-order valence-corrected chi connectivity index (χ3v) is 5.30. The molecule has 0 unspecified atom stereocenters. The molecule has 152 valence electrons. The van der Waals surface area contributed by atoms with Crippen LogP contribution in [0.1, 0.15) is 11.1 Å². The smallest absolute Gasteiger partial charge is 0.322 e. The molecule has 2 aromatic rings. The molecule has 0 radical (unpaired) electrons. The maximum Gasteiger partial charge on any atom is 0.322 e. The van der Waals surface area contributed by atoms with E-state index in [9.17, 15) is 14.4 Å². The van der Waals surface area contributed by atoms with Gasteiger partial charge in [-0.05, 0) is 42.3 Å². The number of aryl methyl sites for hydroxylation is 1. The van der Waals surface area contributed by atoms with Crippen LogP contribution in [0.5, 0.6) is 0 Å². The molecule has 1 fully saturated rings. The third-order valence-electron chi connectivity index (χ3n) is 4.77. The zero-order valence-corrected chi connectivity index (χ0v) is 17.7. The van der Waals surface area contributed by atoms with Gasteiger partial charge >= 0.3 is 6.03 Å². The highest BCUT2D eigenvalue weighted by molar-refractivity contribution is 9.10. The number of nitrogens with one attached hydrogen (secondary N) is 2. The highest BCUT2D eigenvalue weighted by atomic mass is 79.9. The molecular weight excluding hydrogens is 436 g/mol. The van der Waals surface area contributed by atoms with E-state index in [2.05, 4.69) is 26.6 Å². The molecule has 0 bridgehead atoms. The number of hydrogen-bond acceptors (Lipinski definition) is 3. The number of hydrogen-bond donors (Lipinski definition) is 2. The van der Waals surface area contributed by atoms with Crippen LogP contribution in [0.3, 0.4) is 0 Å². The van der Waals surface area contributed by atoms with Crippen LogP contribution in [0.25, 0.3) is 0 Å². The highest BCUT2D eigenvalue weighted by Gasteiger charge is 2.28. The molecule has 0 atom stereocenters. The lowest BCUT2D eigenvalue weighted by Gasteiger charge is -2.33. The van der Waals surface area contributed by atoms with Gasteiger partial charge in [-0.25, -0.2) is 4.79 Å². The zero-order valence-electron chi connectivity index (χ0n) is 16.2. The fourth-order valence-electron chi connectivity index (χ4n) is 3.02. The Balaban J connectivity index is 1.46. The average Bonchev–Trinajstić information content (AvgIpc) is 2.70. The molecule has 1 aliphatic rings. The molecule has 1 heterocycles. The number of rotatable bonds is 5. The Hall–Kier alpha value is -2.87. The summed E-state index contributed by atoms with van der Waals surface area (Å²) in [5.41, 5.74) is 2.81. The van der Waals surface area contributed by atoms with Crippen molar-refractivity contribution in [2.45, 2.75) is 13.5 Å². The Morgan fingerprint density at radius 2 is 1.79 bits per heavy atom. The molecule has 3 rings (SSSR count). The van der Waals surface area contributed by atoms with Gasteiger partial charge < -0.3 is 20.4 Å². The minimum Gasteiger partial charge on any atom is -0.350 e. The van der Waals surface area contributed by atoms with Gasteiger partial charge in [0.1, 0.15) is 6.54 Å². The standard InChI is InChI=1S/C21H23BrN4O3/c1-15-4-2-3-5-16(15)12-23-19(27)13-25-10-11-26(14-20(25)28)21(29)24-18-8-6-17(22)7-9-18/h2-9H,10-14H2,1H3,(H,23,27)(H,24,29). The second kappa shape index (κ2) is 9.56. The fraction of sp³-hybridized carbons (Fsp3) is 0.286. The van der Waals surface area contributed by atoms with Crippen LogP contribution in [-0.2, 0) is 16.1 Å². The van der Waals surface area contributed by atoms with Gasteiger partial charge in [0.25, 0.3) is 0 Å². The summed E-state index contributed by atoms with van der Waals surface area (Å²) in [6, 6.07) is 14.7. The number of piperazine rings is 1. The van der Waals surface area contributed by atoms with Crippen molar-refractivity contribution in [3.05, 3.63) is 64.1 Å². The first-order chi connectivity index (χ1) is 13.9. The molecule has 0 aromatic heterocycles. The first-order valence-electron chi connectivity index (χ1n) is 9.33. The quantitative estimate of drug-likeness (QED) is 0.722. The van der Waals surface area contributed by atoms with Crippen molar-refractivity contribution in [2.75, 3.05) is 31.5 Å². The summed E-state index contributed by atoms with van der Waals surface area (Å²) in [7, 11) is 0. The van der Waals surface area contributed by atoms with Crippen LogP contribution in [-0.4, -0.2) is 53.8 Å². The number of anilines is 1. The summed E-state index contributed by atoms with van der Waals surface area (Å²) in [4.78, 5) is 39.9. The van der Waals surface area contributed by atoms with Gasteiger partial charge in [0.2, 0.25) is 11.8 Å². The molecule has 4 amide bonds. The largest absolute Gasteiger partial charge is 0.350 e. The predicted molar refractivity (Wildman–Crippen MR) is 114 cm³/mol.